The zero-order valence-electron chi connectivity index (χ0n) is 11.5. The average Bonchev–Trinajstić information content (AvgIpc) is 2.95. The van der Waals surface area contributed by atoms with E-state index in [1.807, 2.05) is 13.0 Å². The maximum absolute atomic E-state index is 6.27. The summed E-state index contributed by atoms with van der Waals surface area (Å²) in [5.74, 6) is 1.31. The van der Waals surface area contributed by atoms with Gasteiger partial charge in [-0.05, 0) is 26.3 Å². The van der Waals surface area contributed by atoms with Gasteiger partial charge < -0.3 is 9.30 Å². The van der Waals surface area contributed by atoms with Crippen molar-refractivity contribution in [3.05, 3.63) is 23.1 Å². The van der Waals surface area contributed by atoms with Crippen molar-refractivity contribution in [2.45, 2.75) is 38.3 Å². The molecule has 1 saturated heterocycles. The highest BCUT2D eigenvalue weighted by Gasteiger charge is 2.27. The summed E-state index contributed by atoms with van der Waals surface area (Å²) in [7, 11) is 0. The Morgan fingerprint density at radius 2 is 2.35 bits per heavy atom. The van der Waals surface area contributed by atoms with Gasteiger partial charge in [-0.15, -0.1) is 11.6 Å². The van der Waals surface area contributed by atoms with Crippen LogP contribution in [-0.4, -0.2) is 27.2 Å². The van der Waals surface area contributed by atoms with E-state index < -0.39 is 0 Å². The molecule has 0 spiro atoms. The number of pyridine rings is 1. The van der Waals surface area contributed by atoms with Crippen LogP contribution in [-0.2, 0) is 11.3 Å². The molecule has 3 heterocycles. The van der Waals surface area contributed by atoms with E-state index in [9.17, 15) is 0 Å². The molecular formula is C14H17Cl2N3O. The lowest BCUT2D eigenvalue weighted by Crippen LogP contribution is -2.19. The predicted molar refractivity (Wildman–Crippen MR) is 80.3 cm³/mol. The summed E-state index contributed by atoms with van der Waals surface area (Å²) < 4.78 is 7.75. The summed E-state index contributed by atoms with van der Waals surface area (Å²) in [5, 5.41) is 0.425. The van der Waals surface area contributed by atoms with E-state index >= 15 is 0 Å². The maximum atomic E-state index is 6.27. The Labute approximate surface area is 128 Å². The summed E-state index contributed by atoms with van der Waals surface area (Å²) in [6, 6.07) is 1.83. The van der Waals surface area contributed by atoms with Crippen molar-refractivity contribution in [3.63, 3.8) is 0 Å². The first-order valence-corrected chi connectivity index (χ1v) is 7.65. The van der Waals surface area contributed by atoms with Gasteiger partial charge in [-0.3, -0.25) is 0 Å². The van der Waals surface area contributed by atoms with Crippen LogP contribution in [0.1, 0.15) is 31.5 Å². The Hall–Kier alpha value is -0.840. The van der Waals surface area contributed by atoms with Gasteiger partial charge in [-0.2, -0.15) is 0 Å². The third-order valence-corrected chi connectivity index (χ3v) is 4.29. The fourth-order valence-corrected chi connectivity index (χ4v) is 3.06. The van der Waals surface area contributed by atoms with Crippen molar-refractivity contribution in [3.8, 4) is 0 Å². The molecule has 20 heavy (non-hydrogen) atoms. The molecule has 108 valence electrons. The molecule has 0 bridgehead atoms. The van der Waals surface area contributed by atoms with Crippen LogP contribution in [0.25, 0.3) is 11.2 Å². The third kappa shape index (κ3) is 2.52. The number of ether oxygens (including phenoxy) is 1. The van der Waals surface area contributed by atoms with Gasteiger partial charge in [0.1, 0.15) is 11.3 Å². The molecule has 1 aliphatic rings. The topological polar surface area (TPSA) is 39.9 Å². The van der Waals surface area contributed by atoms with Crippen LogP contribution in [0.3, 0.4) is 0 Å². The second-order valence-electron chi connectivity index (χ2n) is 5.32. The number of hydrogen-bond donors (Lipinski definition) is 0. The molecule has 4 nitrogen and oxygen atoms in total. The van der Waals surface area contributed by atoms with Crippen molar-refractivity contribution < 1.29 is 4.74 Å². The van der Waals surface area contributed by atoms with Crippen LogP contribution in [0.4, 0.5) is 0 Å². The number of rotatable bonds is 3. The Bertz CT molecular complexity index is 626. The van der Waals surface area contributed by atoms with Crippen LogP contribution in [0.5, 0.6) is 0 Å². The summed E-state index contributed by atoms with van der Waals surface area (Å²) in [6.45, 7) is 5.70. The Balaban J connectivity index is 2.04. The highest BCUT2D eigenvalue weighted by molar-refractivity contribution is 6.31. The molecule has 3 rings (SSSR count). The number of alkyl halides is 1. The first-order chi connectivity index (χ1) is 9.56. The molecule has 0 saturated carbocycles. The van der Waals surface area contributed by atoms with E-state index in [1.54, 1.807) is 6.20 Å². The average molecular weight is 314 g/mol. The first-order valence-electron chi connectivity index (χ1n) is 6.83. The summed E-state index contributed by atoms with van der Waals surface area (Å²) in [4.78, 5) is 9.00. The highest BCUT2D eigenvalue weighted by atomic mass is 35.5. The van der Waals surface area contributed by atoms with E-state index in [0.29, 0.717) is 10.9 Å². The standard InChI is InChI=1S/C14H17Cl2N3O/c1-8(15)13-18-12-5-11(16)6-17-14(12)19(13)7-10-3-4-20-9(10)2/h5-6,8-10H,3-4,7H2,1-2H3. The minimum Gasteiger partial charge on any atom is -0.378 e. The van der Waals surface area contributed by atoms with Crippen molar-refractivity contribution in [2.75, 3.05) is 6.61 Å². The number of fused-ring (bicyclic) bond motifs is 1. The monoisotopic (exact) mass is 313 g/mol. The minimum atomic E-state index is -0.166. The first kappa shape index (κ1) is 14.1. The molecule has 0 N–H and O–H groups in total. The Morgan fingerprint density at radius 3 is 3.00 bits per heavy atom. The Kier molecular flexibility index (Phi) is 3.89. The summed E-state index contributed by atoms with van der Waals surface area (Å²) >= 11 is 12.3. The normalized spacial score (nSPS) is 24.4. The van der Waals surface area contributed by atoms with Crippen LogP contribution in [0.2, 0.25) is 5.02 Å². The van der Waals surface area contributed by atoms with E-state index in [0.717, 1.165) is 36.6 Å². The van der Waals surface area contributed by atoms with Crippen LogP contribution < -0.4 is 0 Å². The molecule has 0 aromatic carbocycles. The smallest absolute Gasteiger partial charge is 0.160 e. The van der Waals surface area contributed by atoms with Crippen molar-refractivity contribution in [1.29, 1.82) is 0 Å². The molecule has 0 aliphatic carbocycles. The van der Waals surface area contributed by atoms with Gasteiger partial charge >= 0.3 is 0 Å². The van der Waals surface area contributed by atoms with Crippen LogP contribution in [0, 0.1) is 5.92 Å². The van der Waals surface area contributed by atoms with Crippen LogP contribution in [0.15, 0.2) is 12.3 Å². The van der Waals surface area contributed by atoms with Crippen molar-refractivity contribution >= 4 is 34.4 Å². The van der Waals surface area contributed by atoms with E-state index in [-0.39, 0.29) is 11.5 Å². The van der Waals surface area contributed by atoms with Gasteiger partial charge in [-0.25, -0.2) is 9.97 Å². The van der Waals surface area contributed by atoms with E-state index in [1.165, 1.54) is 0 Å². The molecule has 3 atom stereocenters. The fourth-order valence-electron chi connectivity index (χ4n) is 2.74. The molecule has 2 aromatic rings. The molecule has 3 unspecified atom stereocenters. The quantitative estimate of drug-likeness (QED) is 0.809. The van der Waals surface area contributed by atoms with Gasteiger partial charge in [0.25, 0.3) is 0 Å². The lowest BCUT2D eigenvalue weighted by Gasteiger charge is -2.17. The molecule has 0 amide bonds. The molecule has 1 aliphatic heterocycles. The fraction of sp³-hybridized carbons (Fsp3) is 0.571. The number of hydrogen-bond acceptors (Lipinski definition) is 3. The maximum Gasteiger partial charge on any atom is 0.160 e. The number of imidazole rings is 1. The lowest BCUT2D eigenvalue weighted by molar-refractivity contribution is 0.102. The SMILES string of the molecule is CC(Cl)c1nc2cc(Cl)cnc2n1CC1CCOC1C. The summed E-state index contributed by atoms with van der Waals surface area (Å²) in [5.41, 5.74) is 1.64. The molecule has 6 heteroatoms. The zero-order chi connectivity index (χ0) is 14.3. The van der Waals surface area contributed by atoms with E-state index in [2.05, 4.69) is 21.5 Å². The van der Waals surface area contributed by atoms with Gasteiger partial charge in [0.2, 0.25) is 0 Å². The van der Waals surface area contributed by atoms with Gasteiger partial charge in [0.05, 0.1) is 16.5 Å². The second-order valence-corrected chi connectivity index (χ2v) is 6.41. The van der Waals surface area contributed by atoms with Gasteiger partial charge in [-0.1, -0.05) is 11.6 Å². The van der Waals surface area contributed by atoms with Crippen LogP contribution >= 0.6 is 23.2 Å². The van der Waals surface area contributed by atoms with Gasteiger partial charge in [0, 0.05) is 25.3 Å². The van der Waals surface area contributed by atoms with E-state index in [4.69, 9.17) is 27.9 Å². The lowest BCUT2D eigenvalue weighted by atomic mass is 10.0. The molecule has 0 radical (unpaired) electrons. The largest absolute Gasteiger partial charge is 0.378 e. The molecule has 1 fully saturated rings. The minimum absolute atomic E-state index is 0.166. The summed E-state index contributed by atoms with van der Waals surface area (Å²) in [6.07, 6.45) is 2.97. The number of aromatic nitrogens is 3. The predicted octanol–water partition coefficient (Wildman–Crippen LogP) is 3.81. The Morgan fingerprint density at radius 1 is 1.55 bits per heavy atom. The van der Waals surface area contributed by atoms with Crippen molar-refractivity contribution in [1.82, 2.24) is 14.5 Å². The molecular weight excluding hydrogens is 297 g/mol. The second kappa shape index (κ2) is 5.51. The van der Waals surface area contributed by atoms with Crippen molar-refractivity contribution in [2.24, 2.45) is 5.92 Å². The number of halogens is 2. The molecule has 2 aromatic heterocycles. The third-order valence-electron chi connectivity index (χ3n) is 3.89. The zero-order valence-corrected chi connectivity index (χ0v) is 13.0. The van der Waals surface area contributed by atoms with Gasteiger partial charge in [0.15, 0.2) is 5.65 Å². The number of nitrogens with zero attached hydrogens (tertiary/aromatic N) is 3. The highest BCUT2D eigenvalue weighted by Crippen LogP contribution is 2.29.